The molecule has 0 aliphatic heterocycles. The number of carboxylic acid groups (broad SMARTS) is 1. The van der Waals surface area contributed by atoms with Crippen LogP contribution in [0.15, 0.2) is 0 Å². The van der Waals surface area contributed by atoms with Gasteiger partial charge in [-0.05, 0) is 13.3 Å². The number of ether oxygens (including phenoxy) is 1. The molecule has 10 heteroatoms. The predicted octanol–water partition coefficient (Wildman–Crippen LogP) is -0.873. The largest absolute Gasteiger partial charge is 0.480 e. The lowest BCUT2D eigenvalue weighted by Crippen LogP contribution is -2.47. The van der Waals surface area contributed by atoms with Crippen molar-refractivity contribution in [1.29, 1.82) is 0 Å². The molecule has 122 valence electrons. The van der Waals surface area contributed by atoms with Gasteiger partial charge in [-0.15, -0.1) is 0 Å². The van der Waals surface area contributed by atoms with Crippen molar-refractivity contribution in [3.63, 3.8) is 0 Å². The zero-order valence-electron chi connectivity index (χ0n) is 11.9. The van der Waals surface area contributed by atoms with Crippen LogP contribution in [-0.4, -0.2) is 62.7 Å². The van der Waals surface area contributed by atoms with E-state index in [1.807, 2.05) is 0 Å². The second-order valence-electron chi connectivity index (χ2n) is 4.26. The number of carbonyl (C=O) groups excluding carboxylic acids is 2. The normalized spacial score (nSPS) is 12.3. The van der Waals surface area contributed by atoms with Crippen LogP contribution < -0.4 is 10.6 Å². The van der Waals surface area contributed by atoms with Crippen LogP contribution in [0.4, 0.5) is 4.79 Å². The summed E-state index contributed by atoms with van der Waals surface area (Å²) in [5.74, 6) is -2.17. The van der Waals surface area contributed by atoms with E-state index >= 15 is 0 Å². The van der Waals surface area contributed by atoms with Crippen LogP contribution in [0, 0.1) is 0 Å². The molecule has 3 N–H and O–H groups in total. The Labute approximate surface area is 123 Å². The van der Waals surface area contributed by atoms with Gasteiger partial charge in [0.15, 0.2) is 0 Å². The molecule has 0 aliphatic carbocycles. The summed E-state index contributed by atoms with van der Waals surface area (Å²) in [5.41, 5.74) is 0. The number of sulfone groups is 1. The average molecular weight is 324 g/mol. The molecular weight excluding hydrogens is 304 g/mol. The fourth-order valence-electron chi connectivity index (χ4n) is 1.31. The molecule has 0 aromatic carbocycles. The molecule has 0 aromatic heterocycles. The molecule has 0 aliphatic rings. The summed E-state index contributed by atoms with van der Waals surface area (Å²) in [7, 11) is -3.32. The van der Waals surface area contributed by atoms with Crippen molar-refractivity contribution in [2.45, 2.75) is 25.8 Å². The molecule has 0 heterocycles. The van der Waals surface area contributed by atoms with Gasteiger partial charge in [-0.3, -0.25) is 4.79 Å². The summed E-state index contributed by atoms with van der Waals surface area (Å²) in [5, 5.41) is 13.3. The lowest BCUT2D eigenvalue weighted by molar-refractivity contribution is -0.143. The molecule has 1 atom stereocenters. The summed E-state index contributed by atoms with van der Waals surface area (Å²) >= 11 is 0. The lowest BCUT2D eigenvalue weighted by atomic mass is 10.2. The fraction of sp³-hybridized carbons (Fsp3) is 0.727. The first-order valence-corrected chi connectivity index (χ1v) is 8.32. The minimum Gasteiger partial charge on any atom is -0.480 e. The summed E-state index contributed by atoms with van der Waals surface area (Å²) in [6, 6.07) is -2.11. The quantitative estimate of drug-likeness (QED) is 0.468. The Hall–Kier alpha value is -1.84. The average Bonchev–Trinajstić information content (AvgIpc) is 2.33. The fourth-order valence-corrected chi connectivity index (χ4v) is 1.97. The highest BCUT2D eigenvalue weighted by atomic mass is 32.2. The second kappa shape index (κ2) is 9.16. The lowest BCUT2D eigenvalue weighted by Gasteiger charge is -2.14. The molecule has 0 saturated heterocycles. The van der Waals surface area contributed by atoms with Crippen molar-refractivity contribution in [3.8, 4) is 0 Å². The van der Waals surface area contributed by atoms with Crippen LogP contribution in [0.5, 0.6) is 0 Å². The number of carboxylic acids is 1. The van der Waals surface area contributed by atoms with Gasteiger partial charge in [-0.2, -0.15) is 0 Å². The minimum atomic E-state index is -3.32. The molecular formula is C11H20N2O7S. The number of nitrogens with one attached hydrogen (secondary N) is 2. The third kappa shape index (κ3) is 10.6. The van der Waals surface area contributed by atoms with Gasteiger partial charge < -0.3 is 20.5 Å². The van der Waals surface area contributed by atoms with Gasteiger partial charge in [0.2, 0.25) is 0 Å². The third-order valence-electron chi connectivity index (χ3n) is 2.30. The molecule has 0 saturated carbocycles. The summed E-state index contributed by atoms with van der Waals surface area (Å²) in [6.45, 7) is 1.87. The molecule has 0 rings (SSSR count). The molecule has 1 unspecified atom stereocenters. The Balaban J connectivity index is 4.18. The van der Waals surface area contributed by atoms with Gasteiger partial charge in [0.05, 0.1) is 18.8 Å². The van der Waals surface area contributed by atoms with Crippen molar-refractivity contribution < 1.29 is 32.6 Å². The highest BCUT2D eigenvalue weighted by Gasteiger charge is 2.21. The Bertz CT molecular complexity index is 475. The number of amides is 2. The summed E-state index contributed by atoms with van der Waals surface area (Å²) in [6.07, 6.45) is 0.702. The highest BCUT2D eigenvalue weighted by Crippen LogP contribution is 1.97. The molecule has 0 bridgehead atoms. The van der Waals surface area contributed by atoms with E-state index in [-0.39, 0.29) is 31.7 Å². The number of aliphatic carboxylic acids is 1. The van der Waals surface area contributed by atoms with Crippen molar-refractivity contribution in [2.75, 3.05) is 25.2 Å². The first-order valence-electron chi connectivity index (χ1n) is 6.26. The number of esters is 1. The third-order valence-corrected chi connectivity index (χ3v) is 3.28. The van der Waals surface area contributed by atoms with Crippen LogP contribution in [0.3, 0.4) is 0 Å². The van der Waals surface area contributed by atoms with E-state index in [1.165, 1.54) is 0 Å². The van der Waals surface area contributed by atoms with Gasteiger partial charge >= 0.3 is 18.0 Å². The van der Waals surface area contributed by atoms with E-state index in [0.29, 0.717) is 0 Å². The Morgan fingerprint density at radius 3 is 2.38 bits per heavy atom. The van der Waals surface area contributed by atoms with Crippen molar-refractivity contribution >= 4 is 27.8 Å². The van der Waals surface area contributed by atoms with Gasteiger partial charge in [0.25, 0.3) is 0 Å². The Morgan fingerprint density at radius 1 is 1.29 bits per heavy atom. The van der Waals surface area contributed by atoms with Crippen LogP contribution in [-0.2, 0) is 24.2 Å². The maximum Gasteiger partial charge on any atom is 0.326 e. The Morgan fingerprint density at radius 2 is 1.90 bits per heavy atom. The Kier molecular flexibility index (Phi) is 8.36. The zero-order valence-corrected chi connectivity index (χ0v) is 12.7. The van der Waals surface area contributed by atoms with E-state index < -0.39 is 33.8 Å². The molecule has 2 amide bonds. The molecule has 0 fully saturated rings. The van der Waals surface area contributed by atoms with Crippen molar-refractivity contribution in [2.24, 2.45) is 0 Å². The van der Waals surface area contributed by atoms with Gasteiger partial charge in [0.1, 0.15) is 15.9 Å². The topological polar surface area (TPSA) is 139 Å². The van der Waals surface area contributed by atoms with Crippen molar-refractivity contribution in [1.82, 2.24) is 10.6 Å². The van der Waals surface area contributed by atoms with E-state index in [0.717, 1.165) is 6.26 Å². The first-order chi connectivity index (χ1) is 9.65. The van der Waals surface area contributed by atoms with E-state index in [2.05, 4.69) is 15.4 Å². The van der Waals surface area contributed by atoms with Crippen molar-refractivity contribution in [3.05, 3.63) is 0 Å². The van der Waals surface area contributed by atoms with Gasteiger partial charge in [-0.1, -0.05) is 0 Å². The standard InChI is InChI=1S/C11H20N2O7S/c1-3-20-9(14)4-6-12-11(17)13-8(10(15)16)5-7-21(2,18)19/h8H,3-7H2,1-2H3,(H,15,16)(H2,12,13,17). The monoisotopic (exact) mass is 324 g/mol. The van der Waals surface area contributed by atoms with Gasteiger partial charge in [-0.25, -0.2) is 18.0 Å². The molecule has 0 spiro atoms. The smallest absolute Gasteiger partial charge is 0.326 e. The van der Waals surface area contributed by atoms with E-state index in [1.54, 1.807) is 6.92 Å². The maximum atomic E-state index is 11.4. The summed E-state index contributed by atoms with van der Waals surface area (Å²) in [4.78, 5) is 33.4. The number of urea groups is 1. The number of hydrogen-bond donors (Lipinski definition) is 3. The van der Waals surface area contributed by atoms with Crippen LogP contribution in [0.25, 0.3) is 0 Å². The second-order valence-corrected chi connectivity index (χ2v) is 6.52. The first kappa shape index (κ1) is 19.2. The summed E-state index contributed by atoms with van der Waals surface area (Å²) < 4.78 is 26.6. The zero-order chi connectivity index (χ0) is 16.5. The van der Waals surface area contributed by atoms with E-state index in [9.17, 15) is 22.8 Å². The SMILES string of the molecule is CCOC(=O)CCNC(=O)NC(CCS(C)(=O)=O)C(=O)O. The number of hydrogen-bond acceptors (Lipinski definition) is 6. The highest BCUT2D eigenvalue weighted by molar-refractivity contribution is 7.90. The predicted molar refractivity (Wildman–Crippen MR) is 73.5 cm³/mol. The molecule has 9 nitrogen and oxygen atoms in total. The van der Waals surface area contributed by atoms with Crippen LogP contribution in [0.2, 0.25) is 0 Å². The molecule has 21 heavy (non-hydrogen) atoms. The van der Waals surface area contributed by atoms with Crippen LogP contribution in [0.1, 0.15) is 19.8 Å². The number of carbonyl (C=O) groups is 3. The maximum absolute atomic E-state index is 11.4. The number of rotatable bonds is 9. The van der Waals surface area contributed by atoms with E-state index in [4.69, 9.17) is 5.11 Å². The minimum absolute atomic E-state index is 0.0108. The molecule has 0 aromatic rings. The molecule has 0 radical (unpaired) electrons. The van der Waals surface area contributed by atoms with Crippen LogP contribution >= 0.6 is 0 Å². The van der Waals surface area contributed by atoms with Gasteiger partial charge in [0, 0.05) is 12.8 Å².